The smallest absolute Gasteiger partial charge is 0.243 e. The second-order valence-corrected chi connectivity index (χ2v) is 6.49. The minimum Gasteiger partial charge on any atom is -0.273 e. The first kappa shape index (κ1) is 17.6. The molecule has 0 aliphatic carbocycles. The topological polar surface area (TPSA) is 87.2 Å². The van der Waals surface area contributed by atoms with Crippen LogP contribution in [-0.4, -0.2) is 38.2 Å². The van der Waals surface area contributed by atoms with Crippen LogP contribution in [0.5, 0.6) is 0 Å². The molecule has 0 atom stereocenters. The van der Waals surface area contributed by atoms with Gasteiger partial charge in [0.25, 0.3) is 0 Å². The van der Waals surface area contributed by atoms with E-state index in [0.717, 1.165) is 16.8 Å². The summed E-state index contributed by atoms with van der Waals surface area (Å²) in [4.78, 5) is 12.2. The molecule has 0 fully saturated rings. The molecule has 0 bridgehead atoms. The average molecular weight is 370 g/mol. The molecular formula is C21H18N6O. The third-order valence-electron chi connectivity index (χ3n) is 4.58. The number of amides is 1. The number of benzene rings is 2. The lowest BCUT2D eigenvalue weighted by atomic mass is 10.0. The average Bonchev–Trinajstić information content (AvgIpc) is 3.23. The van der Waals surface area contributed by atoms with E-state index in [1.165, 1.54) is 5.01 Å². The van der Waals surface area contributed by atoms with E-state index in [4.69, 9.17) is 5.26 Å². The predicted molar refractivity (Wildman–Crippen MR) is 104 cm³/mol. The number of rotatable bonds is 5. The van der Waals surface area contributed by atoms with Gasteiger partial charge in [-0.3, -0.25) is 9.48 Å². The summed E-state index contributed by atoms with van der Waals surface area (Å²) in [6.07, 6.45) is 2.92. The van der Waals surface area contributed by atoms with Gasteiger partial charge in [0.1, 0.15) is 5.69 Å². The SMILES string of the molecule is N#Cc1cccc(-c2cn(CCN3N=C(c4ccccc4)CCC3=O)nn2)c1. The van der Waals surface area contributed by atoms with Crippen LogP contribution < -0.4 is 0 Å². The molecule has 1 aliphatic rings. The number of nitrogens with zero attached hydrogens (tertiary/aromatic N) is 6. The van der Waals surface area contributed by atoms with E-state index in [9.17, 15) is 4.79 Å². The van der Waals surface area contributed by atoms with Crippen molar-refractivity contribution in [1.82, 2.24) is 20.0 Å². The summed E-state index contributed by atoms with van der Waals surface area (Å²) in [5.74, 6) is 0.0155. The van der Waals surface area contributed by atoms with E-state index < -0.39 is 0 Å². The molecule has 0 unspecified atom stereocenters. The van der Waals surface area contributed by atoms with Crippen LogP contribution in [0.2, 0.25) is 0 Å². The molecule has 0 saturated heterocycles. The number of carbonyl (C=O) groups excluding carboxylic acids is 1. The molecular weight excluding hydrogens is 352 g/mol. The first-order valence-corrected chi connectivity index (χ1v) is 9.07. The zero-order valence-electron chi connectivity index (χ0n) is 15.2. The van der Waals surface area contributed by atoms with E-state index >= 15 is 0 Å². The Morgan fingerprint density at radius 2 is 1.82 bits per heavy atom. The van der Waals surface area contributed by atoms with Gasteiger partial charge in [-0.05, 0) is 17.7 Å². The van der Waals surface area contributed by atoms with Crippen LogP contribution >= 0.6 is 0 Å². The lowest BCUT2D eigenvalue weighted by molar-refractivity contribution is -0.131. The zero-order valence-corrected chi connectivity index (χ0v) is 15.2. The van der Waals surface area contributed by atoms with Crippen molar-refractivity contribution in [2.24, 2.45) is 5.10 Å². The van der Waals surface area contributed by atoms with Gasteiger partial charge in [0.15, 0.2) is 0 Å². The molecule has 1 aliphatic heterocycles. The summed E-state index contributed by atoms with van der Waals surface area (Å²) >= 11 is 0. The monoisotopic (exact) mass is 370 g/mol. The summed E-state index contributed by atoms with van der Waals surface area (Å²) in [6.45, 7) is 0.915. The van der Waals surface area contributed by atoms with Gasteiger partial charge in [-0.25, -0.2) is 5.01 Å². The van der Waals surface area contributed by atoms with Crippen molar-refractivity contribution in [3.63, 3.8) is 0 Å². The zero-order chi connectivity index (χ0) is 19.3. The van der Waals surface area contributed by atoms with Crippen LogP contribution in [-0.2, 0) is 11.3 Å². The van der Waals surface area contributed by atoms with Gasteiger partial charge in [0.2, 0.25) is 5.91 Å². The van der Waals surface area contributed by atoms with E-state index in [0.29, 0.717) is 37.2 Å². The molecule has 7 heteroatoms. The van der Waals surface area contributed by atoms with Crippen molar-refractivity contribution in [2.75, 3.05) is 6.54 Å². The lowest BCUT2D eigenvalue weighted by Gasteiger charge is -2.23. The summed E-state index contributed by atoms with van der Waals surface area (Å²) in [7, 11) is 0. The predicted octanol–water partition coefficient (Wildman–Crippen LogP) is 2.84. The highest BCUT2D eigenvalue weighted by molar-refractivity contribution is 6.04. The van der Waals surface area contributed by atoms with Crippen LogP contribution in [0.1, 0.15) is 24.0 Å². The van der Waals surface area contributed by atoms with Gasteiger partial charge in [0.05, 0.1) is 36.6 Å². The van der Waals surface area contributed by atoms with Crippen molar-refractivity contribution < 1.29 is 4.79 Å². The third kappa shape index (κ3) is 3.81. The highest BCUT2D eigenvalue weighted by Gasteiger charge is 2.21. The molecule has 2 aromatic carbocycles. The maximum atomic E-state index is 12.2. The van der Waals surface area contributed by atoms with Gasteiger partial charge < -0.3 is 0 Å². The van der Waals surface area contributed by atoms with Gasteiger partial charge in [-0.15, -0.1) is 5.10 Å². The maximum Gasteiger partial charge on any atom is 0.243 e. The second-order valence-electron chi connectivity index (χ2n) is 6.49. The summed E-state index contributed by atoms with van der Waals surface area (Å²) in [5, 5.41) is 23.4. The molecule has 138 valence electrons. The molecule has 4 rings (SSSR count). The molecule has 0 spiro atoms. The van der Waals surface area contributed by atoms with Crippen molar-refractivity contribution in [3.05, 3.63) is 71.9 Å². The van der Waals surface area contributed by atoms with E-state index in [-0.39, 0.29) is 5.91 Å². The molecule has 2 heterocycles. The Labute approximate surface area is 162 Å². The maximum absolute atomic E-state index is 12.2. The van der Waals surface area contributed by atoms with Gasteiger partial charge in [0, 0.05) is 18.4 Å². The molecule has 28 heavy (non-hydrogen) atoms. The Morgan fingerprint density at radius 1 is 1.00 bits per heavy atom. The highest BCUT2D eigenvalue weighted by Crippen LogP contribution is 2.18. The van der Waals surface area contributed by atoms with Crippen molar-refractivity contribution in [2.45, 2.75) is 19.4 Å². The van der Waals surface area contributed by atoms with Gasteiger partial charge >= 0.3 is 0 Å². The van der Waals surface area contributed by atoms with E-state index in [1.54, 1.807) is 16.8 Å². The second kappa shape index (κ2) is 7.84. The number of hydrazone groups is 1. The third-order valence-corrected chi connectivity index (χ3v) is 4.58. The molecule has 7 nitrogen and oxygen atoms in total. The molecule has 0 radical (unpaired) electrons. The van der Waals surface area contributed by atoms with Crippen molar-refractivity contribution in [1.29, 1.82) is 5.26 Å². The van der Waals surface area contributed by atoms with Crippen molar-refractivity contribution in [3.8, 4) is 17.3 Å². The van der Waals surface area contributed by atoms with Crippen LogP contribution in [0.4, 0.5) is 0 Å². The molecule has 1 amide bonds. The minimum absolute atomic E-state index is 0.0155. The fourth-order valence-corrected chi connectivity index (χ4v) is 3.10. The highest BCUT2D eigenvalue weighted by atomic mass is 16.2. The van der Waals surface area contributed by atoms with E-state index in [1.807, 2.05) is 48.7 Å². The summed E-state index contributed by atoms with van der Waals surface area (Å²) in [6, 6.07) is 19.3. The molecule has 0 saturated carbocycles. The molecule has 1 aromatic heterocycles. The minimum atomic E-state index is 0.0155. The Balaban J connectivity index is 1.46. The summed E-state index contributed by atoms with van der Waals surface area (Å²) in [5.41, 5.74) is 4.07. The first-order chi connectivity index (χ1) is 13.7. The number of nitriles is 1. The Hall–Kier alpha value is -3.79. The number of carbonyl (C=O) groups is 1. The summed E-state index contributed by atoms with van der Waals surface area (Å²) < 4.78 is 1.69. The van der Waals surface area contributed by atoms with Gasteiger partial charge in [-0.2, -0.15) is 10.4 Å². The first-order valence-electron chi connectivity index (χ1n) is 9.07. The van der Waals surface area contributed by atoms with Crippen molar-refractivity contribution >= 4 is 11.6 Å². The van der Waals surface area contributed by atoms with Crippen LogP contribution in [0, 0.1) is 11.3 Å². The van der Waals surface area contributed by atoms with Crippen LogP contribution in [0.3, 0.4) is 0 Å². The van der Waals surface area contributed by atoms with E-state index in [2.05, 4.69) is 21.5 Å². The van der Waals surface area contributed by atoms with Gasteiger partial charge in [-0.1, -0.05) is 47.7 Å². The Morgan fingerprint density at radius 3 is 2.64 bits per heavy atom. The normalized spacial score (nSPS) is 13.9. The number of hydrogen-bond acceptors (Lipinski definition) is 5. The lowest BCUT2D eigenvalue weighted by Crippen LogP contribution is -2.34. The molecule has 3 aromatic rings. The van der Waals surface area contributed by atoms with Crippen LogP contribution in [0.25, 0.3) is 11.3 Å². The van der Waals surface area contributed by atoms with Crippen LogP contribution in [0.15, 0.2) is 65.9 Å². The largest absolute Gasteiger partial charge is 0.273 e. The number of aromatic nitrogens is 3. The quantitative estimate of drug-likeness (QED) is 0.691. The fraction of sp³-hybridized carbons (Fsp3) is 0.190. The standard InChI is InChI=1S/C21H18N6O/c22-14-16-5-4-8-18(13-16)20-15-26(25-23-20)11-12-27-21(28)10-9-19(24-27)17-6-2-1-3-7-17/h1-8,13,15H,9-12H2. The number of hydrogen-bond donors (Lipinski definition) is 0. The Kier molecular flexibility index (Phi) is 4.93. The molecule has 0 N–H and O–H groups in total. The Bertz CT molecular complexity index is 1060. The fourth-order valence-electron chi connectivity index (χ4n) is 3.10.